The molecule has 0 radical (unpaired) electrons. The van der Waals surface area contributed by atoms with Crippen molar-refractivity contribution in [3.05, 3.63) is 49.1 Å². The molecule has 0 aliphatic rings. The molecule has 3 rings (SSSR count). The smallest absolute Gasteiger partial charge is 0.263 e. The third kappa shape index (κ3) is 2.87. The number of nitrogens with zero attached hydrogens (tertiary/aromatic N) is 2. The molecular weight excluding hydrogens is 348 g/mol. The van der Waals surface area contributed by atoms with Crippen LogP contribution in [0, 0.1) is 13.8 Å². The average Bonchev–Trinajstić information content (AvgIpc) is 2.83. The first-order valence-electron chi connectivity index (χ1n) is 7.36. The molecule has 0 fully saturated rings. The highest BCUT2D eigenvalue weighted by Gasteiger charge is 2.16. The quantitative estimate of drug-likeness (QED) is 0.566. The second kappa shape index (κ2) is 6.45. The predicted molar refractivity (Wildman–Crippen MR) is 95.2 cm³/mol. The Labute approximate surface area is 145 Å². The van der Waals surface area contributed by atoms with Gasteiger partial charge in [-0.05, 0) is 26.3 Å². The number of fused-ring (bicyclic) bond motifs is 1. The summed E-state index contributed by atoms with van der Waals surface area (Å²) >= 11 is 2.84. The first kappa shape index (κ1) is 16.8. The number of hydrogen-bond donors (Lipinski definition) is 1. The number of hydrogen-bond acceptors (Lipinski definition) is 7. The van der Waals surface area contributed by atoms with Gasteiger partial charge in [-0.25, -0.2) is 4.98 Å². The van der Waals surface area contributed by atoms with Crippen LogP contribution in [0.25, 0.3) is 10.2 Å². The molecule has 0 spiro atoms. The summed E-state index contributed by atoms with van der Waals surface area (Å²) in [6.07, 6.45) is 1.02. The molecule has 3 aromatic heterocycles. The zero-order valence-corrected chi connectivity index (χ0v) is 15.1. The van der Waals surface area contributed by atoms with Crippen molar-refractivity contribution in [3.8, 4) is 5.75 Å². The van der Waals surface area contributed by atoms with Gasteiger partial charge >= 0.3 is 0 Å². The number of aryl methyl sites for hydroxylation is 2. The van der Waals surface area contributed by atoms with Crippen molar-refractivity contribution < 1.29 is 9.52 Å². The van der Waals surface area contributed by atoms with Gasteiger partial charge in [0.05, 0.1) is 11.1 Å². The van der Waals surface area contributed by atoms with Crippen molar-refractivity contribution in [1.82, 2.24) is 9.55 Å². The highest BCUT2D eigenvalue weighted by molar-refractivity contribution is 7.98. The van der Waals surface area contributed by atoms with Gasteiger partial charge in [-0.1, -0.05) is 11.8 Å². The predicted octanol–water partition coefficient (Wildman–Crippen LogP) is 3.05. The Hall–Kier alpha value is -2.06. The second-order valence-corrected chi connectivity index (χ2v) is 7.44. The molecular formula is C16H16N2O4S2. The highest BCUT2D eigenvalue weighted by Crippen LogP contribution is 2.29. The van der Waals surface area contributed by atoms with Gasteiger partial charge in [0, 0.05) is 17.5 Å². The van der Waals surface area contributed by atoms with Gasteiger partial charge in [0.15, 0.2) is 10.9 Å². The van der Waals surface area contributed by atoms with Crippen LogP contribution >= 0.6 is 23.1 Å². The molecule has 0 saturated carbocycles. The lowest BCUT2D eigenvalue weighted by Crippen LogP contribution is -2.22. The Balaban J connectivity index is 2.01. The molecule has 3 aromatic rings. The maximum Gasteiger partial charge on any atom is 0.263 e. The van der Waals surface area contributed by atoms with Crippen molar-refractivity contribution >= 4 is 33.3 Å². The molecule has 126 valence electrons. The van der Waals surface area contributed by atoms with E-state index in [-0.39, 0.29) is 5.56 Å². The molecule has 6 nitrogen and oxygen atoms in total. The first-order valence-corrected chi connectivity index (χ1v) is 9.16. The Morgan fingerprint density at radius 3 is 2.79 bits per heavy atom. The van der Waals surface area contributed by atoms with Gasteiger partial charge in [-0.15, -0.1) is 11.3 Å². The van der Waals surface area contributed by atoms with E-state index in [0.717, 1.165) is 21.5 Å². The molecule has 0 aromatic carbocycles. The van der Waals surface area contributed by atoms with Crippen LogP contribution in [0.4, 0.5) is 0 Å². The van der Waals surface area contributed by atoms with E-state index in [1.165, 1.54) is 29.2 Å². The Morgan fingerprint density at radius 2 is 2.12 bits per heavy atom. The summed E-state index contributed by atoms with van der Waals surface area (Å²) in [7, 11) is 0. The maximum absolute atomic E-state index is 12.7. The summed E-state index contributed by atoms with van der Waals surface area (Å²) in [6.45, 7) is 6.33. The van der Waals surface area contributed by atoms with E-state index in [2.05, 4.69) is 4.98 Å². The van der Waals surface area contributed by atoms with E-state index in [4.69, 9.17) is 4.42 Å². The van der Waals surface area contributed by atoms with E-state index >= 15 is 0 Å². The van der Waals surface area contributed by atoms with Gasteiger partial charge in [0.1, 0.15) is 16.9 Å². The zero-order chi connectivity index (χ0) is 17.4. The largest absolute Gasteiger partial charge is 0.502 e. The fourth-order valence-electron chi connectivity index (χ4n) is 2.35. The summed E-state index contributed by atoms with van der Waals surface area (Å²) in [4.78, 5) is 30.6. The Morgan fingerprint density at radius 1 is 1.38 bits per heavy atom. The first-order chi connectivity index (χ1) is 11.4. The van der Waals surface area contributed by atoms with Crippen LogP contribution in [0.1, 0.15) is 23.1 Å². The summed E-state index contributed by atoms with van der Waals surface area (Å²) in [5, 5.41) is 10.5. The average molecular weight is 364 g/mol. The molecule has 0 amide bonds. The van der Waals surface area contributed by atoms with Crippen LogP contribution in [0.3, 0.4) is 0 Å². The standard InChI is InChI=1S/C16H16N2O4S2/c1-4-18-15(21)13-8(2)9(3)24-14(13)17-16(18)23-7-10-5-11(19)12(20)6-22-10/h5-6,20H,4,7H2,1-3H3. The molecule has 0 saturated heterocycles. The molecule has 0 bridgehead atoms. The van der Waals surface area contributed by atoms with E-state index in [1.807, 2.05) is 20.8 Å². The van der Waals surface area contributed by atoms with Crippen molar-refractivity contribution in [2.24, 2.45) is 0 Å². The number of thioether (sulfide) groups is 1. The summed E-state index contributed by atoms with van der Waals surface area (Å²) in [5.74, 6) is 0.341. The topological polar surface area (TPSA) is 85.3 Å². The minimum Gasteiger partial charge on any atom is -0.502 e. The minimum absolute atomic E-state index is 0.0426. The summed E-state index contributed by atoms with van der Waals surface area (Å²) < 4.78 is 6.82. The molecule has 8 heteroatoms. The lowest BCUT2D eigenvalue weighted by atomic mass is 10.2. The SMILES string of the molecule is CCn1c(SCc2cc(=O)c(O)co2)nc2sc(C)c(C)c2c1=O. The van der Waals surface area contributed by atoms with Crippen LogP contribution in [-0.2, 0) is 12.3 Å². The maximum atomic E-state index is 12.7. The van der Waals surface area contributed by atoms with Crippen molar-refractivity contribution in [3.63, 3.8) is 0 Å². The lowest BCUT2D eigenvalue weighted by Gasteiger charge is -2.09. The zero-order valence-electron chi connectivity index (χ0n) is 13.5. The van der Waals surface area contributed by atoms with Crippen molar-refractivity contribution in [2.75, 3.05) is 0 Å². The third-order valence-electron chi connectivity index (χ3n) is 3.78. The molecule has 0 unspecified atom stereocenters. The number of thiophene rings is 1. The molecule has 0 atom stereocenters. The number of rotatable bonds is 4. The van der Waals surface area contributed by atoms with Crippen molar-refractivity contribution in [2.45, 2.75) is 38.2 Å². The van der Waals surface area contributed by atoms with Crippen LogP contribution < -0.4 is 11.0 Å². The number of aromatic hydroxyl groups is 1. The van der Waals surface area contributed by atoms with Gasteiger partial charge in [-0.3, -0.25) is 14.2 Å². The van der Waals surface area contributed by atoms with Crippen LogP contribution in [-0.4, -0.2) is 14.7 Å². The van der Waals surface area contributed by atoms with Gasteiger partial charge in [-0.2, -0.15) is 0 Å². The molecule has 0 aliphatic carbocycles. The molecule has 3 heterocycles. The van der Waals surface area contributed by atoms with Crippen LogP contribution in [0.2, 0.25) is 0 Å². The fraction of sp³-hybridized carbons (Fsp3) is 0.312. The molecule has 0 aliphatic heterocycles. The van der Waals surface area contributed by atoms with Gasteiger partial charge in [0.2, 0.25) is 5.43 Å². The van der Waals surface area contributed by atoms with Crippen LogP contribution in [0.5, 0.6) is 5.75 Å². The normalized spacial score (nSPS) is 11.3. The van der Waals surface area contributed by atoms with Crippen LogP contribution in [0.15, 0.2) is 31.5 Å². The van der Waals surface area contributed by atoms with E-state index in [1.54, 1.807) is 4.57 Å². The van der Waals surface area contributed by atoms with E-state index in [0.29, 0.717) is 28.6 Å². The summed E-state index contributed by atoms with van der Waals surface area (Å²) in [5.41, 5.74) is 0.451. The second-order valence-electron chi connectivity index (χ2n) is 5.29. The lowest BCUT2D eigenvalue weighted by molar-refractivity contribution is 0.419. The van der Waals surface area contributed by atoms with E-state index in [9.17, 15) is 14.7 Å². The van der Waals surface area contributed by atoms with Gasteiger partial charge < -0.3 is 9.52 Å². The summed E-state index contributed by atoms with van der Waals surface area (Å²) in [6, 6.07) is 1.24. The Bertz CT molecular complexity index is 1030. The van der Waals surface area contributed by atoms with E-state index < -0.39 is 11.2 Å². The fourth-order valence-corrected chi connectivity index (χ4v) is 4.38. The number of aromatic nitrogens is 2. The molecule has 1 N–H and O–H groups in total. The Kier molecular flexibility index (Phi) is 4.51. The minimum atomic E-state index is -0.488. The van der Waals surface area contributed by atoms with Gasteiger partial charge in [0.25, 0.3) is 5.56 Å². The van der Waals surface area contributed by atoms with Crippen molar-refractivity contribution in [1.29, 1.82) is 0 Å². The molecule has 24 heavy (non-hydrogen) atoms. The monoisotopic (exact) mass is 364 g/mol. The highest BCUT2D eigenvalue weighted by atomic mass is 32.2. The third-order valence-corrected chi connectivity index (χ3v) is 5.88.